The van der Waals surface area contributed by atoms with Gasteiger partial charge in [0, 0.05) is 18.3 Å². The number of likely N-dealkylation sites (tertiary alicyclic amines) is 1. The normalized spacial score (nSPS) is 22.7. The molecule has 1 aliphatic rings. The summed E-state index contributed by atoms with van der Waals surface area (Å²) >= 11 is 0. The lowest BCUT2D eigenvalue weighted by atomic mass is 10.0. The highest BCUT2D eigenvalue weighted by Crippen LogP contribution is 2.23. The number of aromatic nitrogens is 2. The predicted octanol–water partition coefficient (Wildman–Crippen LogP) is -1.16. The van der Waals surface area contributed by atoms with E-state index in [0.717, 1.165) is 6.42 Å². The fourth-order valence-corrected chi connectivity index (χ4v) is 2.48. The van der Waals surface area contributed by atoms with E-state index in [1.54, 1.807) is 4.90 Å². The summed E-state index contributed by atoms with van der Waals surface area (Å²) in [4.78, 5) is 40.5. The van der Waals surface area contributed by atoms with E-state index in [2.05, 4.69) is 4.98 Å². The minimum Gasteiger partial charge on any atom is -0.394 e. The highest BCUT2D eigenvalue weighted by atomic mass is 16.3. The molecule has 0 aliphatic carbocycles. The van der Waals surface area contributed by atoms with Crippen LogP contribution in [-0.4, -0.2) is 45.1 Å². The zero-order valence-electron chi connectivity index (χ0n) is 10.7. The Morgan fingerprint density at radius 1 is 1.47 bits per heavy atom. The van der Waals surface area contributed by atoms with Gasteiger partial charge in [-0.3, -0.25) is 14.6 Å². The molecular formula is C12H17N3O4. The number of aliphatic hydroxyl groups excluding tert-OH is 1. The van der Waals surface area contributed by atoms with Crippen LogP contribution in [0.4, 0.5) is 0 Å². The molecule has 104 valence electrons. The van der Waals surface area contributed by atoms with E-state index in [9.17, 15) is 19.5 Å². The molecule has 0 saturated carbocycles. The molecule has 7 nitrogen and oxygen atoms in total. The van der Waals surface area contributed by atoms with Gasteiger partial charge in [0.05, 0.1) is 19.1 Å². The minimum atomic E-state index is -0.621. The number of hydrogen-bond acceptors (Lipinski definition) is 4. The Balaban J connectivity index is 2.13. The summed E-state index contributed by atoms with van der Waals surface area (Å²) in [6.45, 7) is 2.51. The van der Waals surface area contributed by atoms with Gasteiger partial charge in [0.2, 0.25) is 5.91 Å². The van der Waals surface area contributed by atoms with Crippen molar-refractivity contribution in [3.8, 4) is 0 Å². The third-order valence-corrected chi connectivity index (χ3v) is 3.55. The van der Waals surface area contributed by atoms with Crippen LogP contribution >= 0.6 is 0 Å². The highest BCUT2D eigenvalue weighted by Gasteiger charge is 2.33. The Hall–Kier alpha value is -1.89. The molecule has 2 heterocycles. The van der Waals surface area contributed by atoms with Gasteiger partial charge in [-0.2, -0.15) is 0 Å². The SMILES string of the molecule is CC1CCN(C(=O)Cc2cc(=O)[nH]c(=O)[nH]2)C1CO. The number of H-pyrrole nitrogens is 2. The second-order valence-electron chi connectivity index (χ2n) is 4.89. The van der Waals surface area contributed by atoms with E-state index in [1.807, 2.05) is 11.9 Å². The molecule has 0 radical (unpaired) electrons. The third kappa shape index (κ3) is 2.93. The van der Waals surface area contributed by atoms with Gasteiger partial charge in [0.15, 0.2) is 0 Å². The van der Waals surface area contributed by atoms with Gasteiger partial charge in [-0.05, 0) is 12.3 Å². The lowest BCUT2D eigenvalue weighted by molar-refractivity contribution is -0.132. The third-order valence-electron chi connectivity index (χ3n) is 3.55. The van der Waals surface area contributed by atoms with Crippen molar-refractivity contribution in [3.63, 3.8) is 0 Å². The average molecular weight is 267 g/mol. The lowest BCUT2D eigenvalue weighted by Gasteiger charge is -2.25. The molecule has 7 heteroatoms. The van der Waals surface area contributed by atoms with Crippen molar-refractivity contribution in [2.45, 2.75) is 25.8 Å². The number of amides is 1. The first kappa shape index (κ1) is 13.5. The number of carbonyl (C=O) groups is 1. The average Bonchev–Trinajstić information content (AvgIpc) is 2.68. The second kappa shape index (κ2) is 5.40. The summed E-state index contributed by atoms with van der Waals surface area (Å²) in [5, 5.41) is 9.30. The molecule has 19 heavy (non-hydrogen) atoms. The van der Waals surface area contributed by atoms with E-state index < -0.39 is 11.2 Å². The Morgan fingerprint density at radius 3 is 2.84 bits per heavy atom. The molecule has 3 N–H and O–H groups in total. The van der Waals surface area contributed by atoms with Crippen molar-refractivity contribution in [1.29, 1.82) is 0 Å². The molecule has 2 rings (SSSR count). The zero-order valence-corrected chi connectivity index (χ0v) is 10.7. The topological polar surface area (TPSA) is 106 Å². The predicted molar refractivity (Wildman–Crippen MR) is 67.8 cm³/mol. The van der Waals surface area contributed by atoms with E-state index in [1.165, 1.54) is 6.07 Å². The van der Waals surface area contributed by atoms with Crippen LogP contribution in [-0.2, 0) is 11.2 Å². The molecule has 1 aliphatic heterocycles. The van der Waals surface area contributed by atoms with Crippen molar-refractivity contribution < 1.29 is 9.90 Å². The van der Waals surface area contributed by atoms with Crippen molar-refractivity contribution in [2.75, 3.05) is 13.2 Å². The summed E-state index contributed by atoms with van der Waals surface area (Å²) in [7, 11) is 0. The fraction of sp³-hybridized carbons (Fsp3) is 0.583. The van der Waals surface area contributed by atoms with E-state index in [-0.39, 0.29) is 36.6 Å². The maximum absolute atomic E-state index is 12.1. The van der Waals surface area contributed by atoms with Crippen LogP contribution in [0.1, 0.15) is 19.0 Å². The van der Waals surface area contributed by atoms with Gasteiger partial charge in [-0.1, -0.05) is 6.92 Å². The summed E-state index contributed by atoms with van der Waals surface area (Å²) in [5.74, 6) is 0.0665. The van der Waals surface area contributed by atoms with Crippen molar-refractivity contribution in [1.82, 2.24) is 14.9 Å². The largest absolute Gasteiger partial charge is 0.394 e. The first-order chi connectivity index (χ1) is 9.01. The maximum Gasteiger partial charge on any atom is 0.325 e. The molecule has 0 spiro atoms. The van der Waals surface area contributed by atoms with Crippen LogP contribution < -0.4 is 11.2 Å². The lowest BCUT2D eigenvalue weighted by Crippen LogP contribution is -2.41. The molecule has 0 aromatic carbocycles. The van der Waals surface area contributed by atoms with Crippen molar-refractivity contribution in [2.24, 2.45) is 5.92 Å². The van der Waals surface area contributed by atoms with Gasteiger partial charge < -0.3 is 15.0 Å². The van der Waals surface area contributed by atoms with Gasteiger partial charge >= 0.3 is 5.69 Å². The summed E-state index contributed by atoms with van der Waals surface area (Å²) < 4.78 is 0. The Bertz CT molecular complexity index is 549. The molecule has 0 bridgehead atoms. The second-order valence-corrected chi connectivity index (χ2v) is 4.89. The van der Waals surface area contributed by atoms with Gasteiger partial charge in [0.25, 0.3) is 5.56 Å². The van der Waals surface area contributed by atoms with Crippen LogP contribution in [0.2, 0.25) is 0 Å². The Kier molecular flexibility index (Phi) is 3.84. The number of hydrogen-bond donors (Lipinski definition) is 3. The van der Waals surface area contributed by atoms with Crippen LogP contribution in [0.15, 0.2) is 15.7 Å². The van der Waals surface area contributed by atoms with E-state index in [4.69, 9.17) is 0 Å². The number of rotatable bonds is 3. The van der Waals surface area contributed by atoms with Gasteiger partial charge in [0.1, 0.15) is 0 Å². The van der Waals surface area contributed by atoms with Crippen LogP contribution in [0.3, 0.4) is 0 Å². The standard InChI is InChI=1S/C12H17N3O4/c1-7-2-3-15(9(7)6-16)11(18)5-8-4-10(17)14-12(19)13-8/h4,7,9,16H,2-3,5-6H2,1H3,(H2,13,14,17,19). The summed E-state index contributed by atoms with van der Waals surface area (Å²) in [6, 6.07) is 1.02. The summed E-state index contributed by atoms with van der Waals surface area (Å²) in [6.07, 6.45) is 0.811. The molecule has 1 aromatic rings. The maximum atomic E-state index is 12.1. The number of nitrogens with zero attached hydrogens (tertiary/aromatic N) is 1. The van der Waals surface area contributed by atoms with Crippen LogP contribution in [0.25, 0.3) is 0 Å². The monoisotopic (exact) mass is 267 g/mol. The first-order valence-corrected chi connectivity index (χ1v) is 6.24. The fourth-order valence-electron chi connectivity index (χ4n) is 2.48. The molecule has 2 unspecified atom stereocenters. The Morgan fingerprint density at radius 2 is 2.21 bits per heavy atom. The van der Waals surface area contributed by atoms with Gasteiger partial charge in [-0.25, -0.2) is 4.79 Å². The molecule has 2 atom stereocenters. The smallest absolute Gasteiger partial charge is 0.325 e. The minimum absolute atomic E-state index is 0.0393. The van der Waals surface area contributed by atoms with Gasteiger partial charge in [-0.15, -0.1) is 0 Å². The van der Waals surface area contributed by atoms with Crippen LogP contribution in [0, 0.1) is 5.92 Å². The highest BCUT2D eigenvalue weighted by molar-refractivity contribution is 5.79. The quantitative estimate of drug-likeness (QED) is 0.642. The molecule has 1 amide bonds. The zero-order chi connectivity index (χ0) is 14.0. The molecule has 1 saturated heterocycles. The molecular weight excluding hydrogens is 250 g/mol. The molecule has 1 aromatic heterocycles. The van der Waals surface area contributed by atoms with E-state index in [0.29, 0.717) is 6.54 Å². The number of aromatic amines is 2. The number of nitrogens with one attached hydrogen (secondary N) is 2. The molecule has 1 fully saturated rings. The van der Waals surface area contributed by atoms with E-state index >= 15 is 0 Å². The van der Waals surface area contributed by atoms with Crippen molar-refractivity contribution in [3.05, 3.63) is 32.6 Å². The van der Waals surface area contributed by atoms with Crippen LogP contribution in [0.5, 0.6) is 0 Å². The number of aliphatic hydroxyl groups is 1. The summed E-state index contributed by atoms with van der Waals surface area (Å²) in [5.41, 5.74) is -0.862. The van der Waals surface area contributed by atoms with Crippen molar-refractivity contribution >= 4 is 5.91 Å². The first-order valence-electron chi connectivity index (χ1n) is 6.24. The Labute approximate surface area is 109 Å². The number of carbonyl (C=O) groups excluding carboxylic acids is 1.